The van der Waals surface area contributed by atoms with Crippen LogP contribution in [-0.2, 0) is 6.42 Å². The standard InChI is InChI=1S/C15H13F2/c1-2-4-11-7-9-12(10-8-11)13-5-3-6-14(16)15(13)17/h3,5-10H,1-2,4H2. The van der Waals surface area contributed by atoms with Crippen LogP contribution in [0.3, 0.4) is 0 Å². The van der Waals surface area contributed by atoms with E-state index in [1.165, 1.54) is 6.07 Å². The van der Waals surface area contributed by atoms with Crippen molar-refractivity contribution in [2.24, 2.45) is 0 Å². The van der Waals surface area contributed by atoms with E-state index in [1.807, 2.05) is 24.3 Å². The molecule has 2 aromatic carbocycles. The van der Waals surface area contributed by atoms with Crippen LogP contribution in [0.25, 0.3) is 11.1 Å². The molecule has 0 atom stereocenters. The zero-order valence-corrected chi connectivity index (χ0v) is 9.42. The fourth-order valence-corrected chi connectivity index (χ4v) is 1.78. The van der Waals surface area contributed by atoms with Gasteiger partial charge in [-0.25, -0.2) is 8.78 Å². The van der Waals surface area contributed by atoms with Crippen LogP contribution in [0.2, 0.25) is 0 Å². The van der Waals surface area contributed by atoms with Crippen LogP contribution >= 0.6 is 0 Å². The van der Waals surface area contributed by atoms with E-state index in [0.717, 1.165) is 24.5 Å². The molecular weight excluding hydrogens is 218 g/mol. The number of benzene rings is 2. The first-order chi connectivity index (χ1) is 8.22. The summed E-state index contributed by atoms with van der Waals surface area (Å²) in [7, 11) is 0. The van der Waals surface area contributed by atoms with Crippen molar-refractivity contribution in [3.63, 3.8) is 0 Å². The second-order valence-corrected chi connectivity index (χ2v) is 3.90. The molecule has 0 fully saturated rings. The predicted molar refractivity (Wildman–Crippen MR) is 65.5 cm³/mol. The fourth-order valence-electron chi connectivity index (χ4n) is 1.78. The maximum absolute atomic E-state index is 13.6. The Morgan fingerprint density at radius 2 is 1.65 bits per heavy atom. The molecule has 0 bridgehead atoms. The van der Waals surface area contributed by atoms with Crippen LogP contribution in [0.5, 0.6) is 0 Å². The Kier molecular flexibility index (Phi) is 3.52. The van der Waals surface area contributed by atoms with Gasteiger partial charge in [-0.1, -0.05) is 43.3 Å². The van der Waals surface area contributed by atoms with E-state index in [1.54, 1.807) is 6.07 Å². The summed E-state index contributed by atoms with van der Waals surface area (Å²) in [4.78, 5) is 0. The fraction of sp³-hybridized carbons (Fsp3) is 0.133. The first kappa shape index (κ1) is 11.8. The van der Waals surface area contributed by atoms with Gasteiger partial charge in [-0.05, 0) is 30.0 Å². The summed E-state index contributed by atoms with van der Waals surface area (Å²) in [5.74, 6) is -1.61. The van der Waals surface area contributed by atoms with Gasteiger partial charge in [0, 0.05) is 5.56 Å². The molecule has 2 rings (SSSR count). The average Bonchev–Trinajstić information content (AvgIpc) is 2.34. The molecule has 0 nitrogen and oxygen atoms in total. The third-order valence-electron chi connectivity index (χ3n) is 2.68. The van der Waals surface area contributed by atoms with Gasteiger partial charge in [-0.2, -0.15) is 0 Å². The van der Waals surface area contributed by atoms with Gasteiger partial charge in [-0.15, -0.1) is 0 Å². The highest BCUT2D eigenvalue weighted by Crippen LogP contribution is 2.24. The van der Waals surface area contributed by atoms with E-state index in [-0.39, 0.29) is 0 Å². The zero-order chi connectivity index (χ0) is 12.3. The third-order valence-corrected chi connectivity index (χ3v) is 2.68. The Hall–Kier alpha value is -1.70. The van der Waals surface area contributed by atoms with Crippen molar-refractivity contribution in [2.45, 2.75) is 12.8 Å². The highest BCUT2D eigenvalue weighted by molar-refractivity contribution is 5.64. The number of hydrogen-bond acceptors (Lipinski definition) is 0. The predicted octanol–water partition coefficient (Wildman–Crippen LogP) is 4.40. The van der Waals surface area contributed by atoms with Gasteiger partial charge >= 0.3 is 0 Å². The van der Waals surface area contributed by atoms with Gasteiger partial charge in [0.15, 0.2) is 11.6 Å². The maximum Gasteiger partial charge on any atom is 0.166 e. The molecule has 2 heteroatoms. The van der Waals surface area contributed by atoms with E-state index in [0.29, 0.717) is 11.1 Å². The van der Waals surface area contributed by atoms with Gasteiger partial charge in [0.25, 0.3) is 0 Å². The normalized spacial score (nSPS) is 10.5. The number of aryl methyl sites for hydroxylation is 1. The molecule has 0 aliphatic rings. The van der Waals surface area contributed by atoms with E-state index >= 15 is 0 Å². The molecule has 0 aromatic heterocycles. The van der Waals surface area contributed by atoms with Crippen molar-refractivity contribution in [1.29, 1.82) is 0 Å². The molecule has 0 amide bonds. The summed E-state index contributed by atoms with van der Waals surface area (Å²) in [6.07, 6.45) is 1.72. The number of hydrogen-bond donors (Lipinski definition) is 0. The Morgan fingerprint density at radius 1 is 0.941 bits per heavy atom. The minimum Gasteiger partial charge on any atom is -0.204 e. The molecule has 0 aliphatic heterocycles. The largest absolute Gasteiger partial charge is 0.204 e. The van der Waals surface area contributed by atoms with Gasteiger partial charge in [0.2, 0.25) is 0 Å². The lowest BCUT2D eigenvalue weighted by Crippen LogP contribution is -1.89. The monoisotopic (exact) mass is 231 g/mol. The van der Waals surface area contributed by atoms with Crippen molar-refractivity contribution in [3.05, 3.63) is 66.6 Å². The van der Waals surface area contributed by atoms with Crippen LogP contribution in [0, 0.1) is 18.6 Å². The molecule has 0 N–H and O–H groups in total. The van der Waals surface area contributed by atoms with Crippen LogP contribution < -0.4 is 0 Å². The molecule has 17 heavy (non-hydrogen) atoms. The van der Waals surface area contributed by atoms with Gasteiger partial charge in [-0.3, -0.25) is 0 Å². The Bertz CT molecular complexity index is 501. The summed E-state index contributed by atoms with van der Waals surface area (Å²) in [5.41, 5.74) is 2.14. The van der Waals surface area contributed by atoms with Gasteiger partial charge in [0.1, 0.15) is 0 Å². The minimum absolute atomic E-state index is 0.297. The zero-order valence-electron chi connectivity index (χ0n) is 9.42. The SMILES string of the molecule is [CH2]CCc1ccc(-c2cccc(F)c2F)cc1. The van der Waals surface area contributed by atoms with Crippen LogP contribution in [0.1, 0.15) is 12.0 Å². The Morgan fingerprint density at radius 3 is 2.29 bits per heavy atom. The van der Waals surface area contributed by atoms with Crippen LogP contribution in [-0.4, -0.2) is 0 Å². The van der Waals surface area contributed by atoms with Crippen LogP contribution in [0.15, 0.2) is 42.5 Å². The lowest BCUT2D eigenvalue weighted by molar-refractivity contribution is 0.511. The van der Waals surface area contributed by atoms with E-state index < -0.39 is 11.6 Å². The Balaban J connectivity index is 2.36. The van der Waals surface area contributed by atoms with Crippen LogP contribution in [0.4, 0.5) is 8.78 Å². The molecule has 0 unspecified atom stereocenters. The second-order valence-electron chi connectivity index (χ2n) is 3.90. The van der Waals surface area contributed by atoms with Crippen molar-refractivity contribution in [1.82, 2.24) is 0 Å². The number of rotatable bonds is 3. The molecule has 1 radical (unpaired) electrons. The highest BCUT2D eigenvalue weighted by atomic mass is 19.2. The molecule has 0 saturated carbocycles. The maximum atomic E-state index is 13.6. The summed E-state index contributed by atoms with van der Waals surface area (Å²) in [6.45, 7) is 3.78. The molecule has 0 heterocycles. The average molecular weight is 231 g/mol. The Labute approximate surface area is 99.9 Å². The first-order valence-electron chi connectivity index (χ1n) is 5.55. The van der Waals surface area contributed by atoms with E-state index in [9.17, 15) is 8.78 Å². The highest BCUT2D eigenvalue weighted by Gasteiger charge is 2.08. The number of halogens is 2. The first-order valence-corrected chi connectivity index (χ1v) is 5.55. The lowest BCUT2D eigenvalue weighted by Gasteiger charge is -2.05. The van der Waals surface area contributed by atoms with Crippen molar-refractivity contribution >= 4 is 0 Å². The molecule has 0 aliphatic carbocycles. The topological polar surface area (TPSA) is 0 Å². The summed E-state index contributed by atoms with van der Waals surface area (Å²) >= 11 is 0. The summed E-state index contributed by atoms with van der Waals surface area (Å²) < 4.78 is 26.6. The van der Waals surface area contributed by atoms with Crippen molar-refractivity contribution in [3.8, 4) is 11.1 Å². The molecule has 0 spiro atoms. The molecule has 87 valence electrons. The molecule has 0 saturated heterocycles. The summed E-state index contributed by atoms with van der Waals surface area (Å²) in [5, 5.41) is 0. The van der Waals surface area contributed by atoms with Gasteiger partial charge in [0.05, 0.1) is 0 Å². The lowest BCUT2D eigenvalue weighted by atomic mass is 10.0. The molecule has 2 aromatic rings. The second kappa shape index (κ2) is 5.09. The van der Waals surface area contributed by atoms with E-state index in [2.05, 4.69) is 6.92 Å². The minimum atomic E-state index is -0.815. The third kappa shape index (κ3) is 2.52. The molecular formula is C15H13F2. The quantitative estimate of drug-likeness (QED) is 0.734. The van der Waals surface area contributed by atoms with Crippen molar-refractivity contribution in [2.75, 3.05) is 0 Å². The smallest absolute Gasteiger partial charge is 0.166 e. The van der Waals surface area contributed by atoms with Crippen molar-refractivity contribution < 1.29 is 8.78 Å². The van der Waals surface area contributed by atoms with Gasteiger partial charge < -0.3 is 0 Å². The van der Waals surface area contributed by atoms with E-state index in [4.69, 9.17) is 0 Å². The summed E-state index contributed by atoms with van der Waals surface area (Å²) in [6, 6.07) is 11.7.